The second kappa shape index (κ2) is 48.8. The molecule has 1 aliphatic heterocycles. The molecule has 0 saturated carbocycles. The molecule has 9 heteroatoms. The minimum Gasteiger partial charge on any atom is -0.394 e. The van der Waals surface area contributed by atoms with Crippen LogP contribution in [0.4, 0.5) is 0 Å². The van der Waals surface area contributed by atoms with Gasteiger partial charge in [-0.2, -0.15) is 0 Å². The summed E-state index contributed by atoms with van der Waals surface area (Å²) in [6.07, 6.45) is 57.6. The summed E-state index contributed by atoms with van der Waals surface area (Å²) in [5, 5.41) is 54.4. The molecule has 1 heterocycles. The number of amides is 1. The van der Waals surface area contributed by atoms with Crippen LogP contribution in [0.1, 0.15) is 264 Å². The summed E-state index contributed by atoms with van der Waals surface area (Å²) in [5.74, 6) is -0.194. The summed E-state index contributed by atoms with van der Waals surface area (Å²) in [5.41, 5.74) is 0. The first-order valence-electron chi connectivity index (χ1n) is 28.9. The maximum absolute atomic E-state index is 13.0. The van der Waals surface area contributed by atoms with Crippen molar-refractivity contribution in [3.8, 4) is 0 Å². The van der Waals surface area contributed by atoms with Gasteiger partial charge in [0.2, 0.25) is 5.91 Å². The molecule has 0 aromatic carbocycles. The number of carbonyl (C=O) groups excluding carboxylic acids is 1. The molecule has 0 spiro atoms. The van der Waals surface area contributed by atoms with E-state index in [-0.39, 0.29) is 12.5 Å². The van der Waals surface area contributed by atoms with Gasteiger partial charge in [0.1, 0.15) is 24.4 Å². The van der Waals surface area contributed by atoms with Crippen LogP contribution in [0.3, 0.4) is 0 Å². The van der Waals surface area contributed by atoms with E-state index in [4.69, 9.17) is 9.47 Å². The fourth-order valence-electron chi connectivity index (χ4n) is 9.01. The number of carbonyl (C=O) groups is 1. The maximum atomic E-state index is 13.0. The lowest BCUT2D eigenvalue weighted by molar-refractivity contribution is -0.302. The number of rotatable bonds is 49. The fourth-order valence-corrected chi connectivity index (χ4v) is 9.01. The van der Waals surface area contributed by atoms with Crippen LogP contribution in [0, 0.1) is 0 Å². The summed E-state index contributed by atoms with van der Waals surface area (Å²) < 4.78 is 11.2. The van der Waals surface area contributed by atoms with E-state index in [1.807, 2.05) is 6.08 Å². The van der Waals surface area contributed by atoms with Gasteiger partial charge >= 0.3 is 0 Å². The molecule has 9 nitrogen and oxygen atoms in total. The highest BCUT2D eigenvalue weighted by atomic mass is 16.7. The van der Waals surface area contributed by atoms with E-state index in [0.29, 0.717) is 6.42 Å². The Bertz CT molecular complexity index is 1210. The third-order valence-electron chi connectivity index (χ3n) is 13.6. The lowest BCUT2D eigenvalue weighted by atomic mass is 9.99. The van der Waals surface area contributed by atoms with Crippen molar-refractivity contribution in [1.82, 2.24) is 5.32 Å². The van der Waals surface area contributed by atoms with Gasteiger partial charge < -0.3 is 40.3 Å². The van der Waals surface area contributed by atoms with Gasteiger partial charge in [-0.05, 0) is 70.6 Å². The van der Waals surface area contributed by atoms with Crippen LogP contribution in [0.5, 0.6) is 0 Å². The second-order valence-corrected chi connectivity index (χ2v) is 20.1. The smallest absolute Gasteiger partial charge is 0.220 e. The van der Waals surface area contributed by atoms with Crippen molar-refractivity contribution in [2.75, 3.05) is 13.2 Å². The van der Waals surface area contributed by atoms with Crippen molar-refractivity contribution < 1.29 is 39.8 Å². The third kappa shape index (κ3) is 37.9. The predicted octanol–water partition coefficient (Wildman–Crippen LogP) is 14.1. The van der Waals surface area contributed by atoms with Crippen molar-refractivity contribution in [2.45, 2.75) is 307 Å². The average molecular weight is 961 g/mol. The Kier molecular flexibility index (Phi) is 46.0. The van der Waals surface area contributed by atoms with E-state index in [0.717, 1.165) is 57.8 Å². The van der Waals surface area contributed by atoms with E-state index >= 15 is 0 Å². The molecule has 68 heavy (non-hydrogen) atoms. The molecular formula is C59H109NO8. The quantitative estimate of drug-likeness (QED) is 0.0261. The number of hydrogen-bond donors (Lipinski definition) is 6. The molecule has 1 amide bonds. The number of nitrogens with one attached hydrogen (secondary N) is 1. The maximum Gasteiger partial charge on any atom is 0.220 e. The van der Waals surface area contributed by atoms with Crippen LogP contribution in [-0.2, 0) is 14.3 Å². The SMILES string of the molecule is CCCCCCCC/C=C\CCCCCCCCCC(=O)NC(COC1OC(CO)C(O)C(O)C1O)C(O)/C=C/CC/C=C/CC/C=C/CCCCCCCCCCCCCCCCCCCC. The molecule has 6 N–H and O–H groups in total. The zero-order valence-electron chi connectivity index (χ0n) is 44.1. The van der Waals surface area contributed by atoms with Crippen molar-refractivity contribution in [1.29, 1.82) is 0 Å². The number of ether oxygens (including phenoxy) is 2. The van der Waals surface area contributed by atoms with E-state index in [1.54, 1.807) is 6.08 Å². The molecule has 0 aromatic heterocycles. The first-order valence-corrected chi connectivity index (χ1v) is 28.9. The molecule has 0 bridgehead atoms. The molecule has 398 valence electrons. The highest BCUT2D eigenvalue weighted by molar-refractivity contribution is 5.76. The van der Waals surface area contributed by atoms with E-state index in [2.05, 4.69) is 55.6 Å². The van der Waals surface area contributed by atoms with Crippen molar-refractivity contribution in [3.05, 3.63) is 48.6 Å². The Balaban J connectivity index is 2.25. The Labute approximate surface area is 418 Å². The van der Waals surface area contributed by atoms with E-state index in [9.17, 15) is 30.3 Å². The first-order chi connectivity index (χ1) is 33.3. The molecule has 0 aromatic rings. The molecule has 7 unspecified atom stereocenters. The lowest BCUT2D eigenvalue weighted by Gasteiger charge is -2.40. The minimum absolute atomic E-state index is 0.194. The standard InChI is InChI=1S/C59H109NO8/c1-3-5-7-9-11-13-15-17-19-21-22-23-24-25-26-27-28-29-30-31-33-34-36-38-40-42-44-46-48-53(62)52(51-67-59-58(66)57(65)56(64)54(50-61)68-59)60-55(63)49-47-45-43-41-39-37-35-32-20-18-16-14-12-10-8-6-4-2/h18,20,31,33,38,40,46,48,52-54,56-59,61-62,64-66H,3-17,19,21-30,32,34-37,39,41-45,47,49-51H2,1-2H3,(H,60,63)/b20-18-,33-31+,40-38+,48-46+. The summed E-state index contributed by atoms with van der Waals surface area (Å²) in [6.45, 7) is 3.77. The van der Waals surface area contributed by atoms with E-state index < -0.39 is 49.5 Å². The first kappa shape index (κ1) is 64.2. The third-order valence-corrected chi connectivity index (χ3v) is 13.6. The topological polar surface area (TPSA) is 149 Å². The summed E-state index contributed by atoms with van der Waals surface area (Å²) in [6, 6.07) is -0.831. The van der Waals surface area contributed by atoms with Gasteiger partial charge in [0.25, 0.3) is 0 Å². The van der Waals surface area contributed by atoms with Crippen molar-refractivity contribution in [2.24, 2.45) is 0 Å². The molecular weight excluding hydrogens is 851 g/mol. The van der Waals surface area contributed by atoms with Crippen LogP contribution in [0.2, 0.25) is 0 Å². The van der Waals surface area contributed by atoms with Crippen LogP contribution < -0.4 is 5.32 Å². The monoisotopic (exact) mass is 960 g/mol. The van der Waals surface area contributed by atoms with Gasteiger partial charge in [0, 0.05) is 6.42 Å². The second-order valence-electron chi connectivity index (χ2n) is 20.1. The number of allylic oxidation sites excluding steroid dienone is 7. The van der Waals surface area contributed by atoms with Crippen LogP contribution >= 0.6 is 0 Å². The fraction of sp³-hybridized carbons (Fsp3) is 0.847. The summed E-state index contributed by atoms with van der Waals surface area (Å²) in [4.78, 5) is 13.0. The van der Waals surface area contributed by atoms with Crippen molar-refractivity contribution in [3.63, 3.8) is 0 Å². The highest BCUT2D eigenvalue weighted by Gasteiger charge is 2.44. The number of unbranched alkanes of at least 4 members (excludes halogenated alkanes) is 33. The van der Waals surface area contributed by atoms with Crippen LogP contribution in [0.15, 0.2) is 48.6 Å². The molecule has 7 atom stereocenters. The van der Waals surface area contributed by atoms with Gasteiger partial charge in [-0.25, -0.2) is 0 Å². The summed E-state index contributed by atoms with van der Waals surface area (Å²) in [7, 11) is 0. The highest BCUT2D eigenvalue weighted by Crippen LogP contribution is 2.23. The Morgan fingerprint density at radius 3 is 1.24 bits per heavy atom. The van der Waals surface area contributed by atoms with Gasteiger partial charge in [-0.3, -0.25) is 4.79 Å². The van der Waals surface area contributed by atoms with Crippen LogP contribution in [-0.4, -0.2) is 87.5 Å². The Morgan fingerprint density at radius 1 is 0.485 bits per heavy atom. The van der Waals surface area contributed by atoms with Gasteiger partial charge in [-0.1, -0.05) is 236 Å². The zero-order chi connectivity index (χ0) is 49.4. The minimum atomic E-state index is -1.58. The number of aliphatic hydroxyl groups is 5. The molecule has 1 rings (SSSR count). The molecule has 0 radical (unpaired) electrons. The Morgan fingerprint density at radius 2 is 0.838 bits per heavy atom. The molecule has 1 aliphatic rings. The molecule has 1 saturated heterocycles. The van der Waals surface area contributed by atoms with Gasteiger partial charge in [0.15, 0.2) is 6.29 Å². The number of hydrogen-bond acceptors (Lipinski definition) is 8. The van der Waals surface area contributed by atoms with Gasteiger partial charge in [-0.15, -0.1) is 0 Å². The average Bonchev–Trinajstić information content (AvgIpc) is 3.34. The normalized spacial score (nSPS) is 19.9. The molecule has 0 aliphatic carbocycles. The number of aliphatic hydroxyl groups excluding tert-OH is 5. The lowest BCUT2D eigenvalue weighted by Crippen LogP contribution is -2.60. The van der Waals surface area contributed by atoms with Gasteiger partial charge in [0.05, 0.1) is 25.4 Å². The van der Waals surface area contributed by atoms with Crippen molar-refractivity contribution >= 4 is 5.91 Å². The Hall–Kier alpha value is -1.85. The largest absolute Gasteiger partial charge is 0.394 e. The van der Waals surface area contributed by atoms with Crippen LogP contribution in [0.25, 0.3) is 0 Å². The molecule has 1 fully saturated rings. The van der Waals surface area contributed by atoms with E-state index in [1.165, 1.54) is 186 Å². The summed E-state index contributed by atoms with van der Waals surface area (Å²) >= 11 is 0. The predicted molar refractivity (Wildman–Crippen MR) is 286 cm³/mol. The zero-order valence-corrected chi connectivity index (χ0v) is 44.1.